The molecular weight excluding hydrogens is 300 g/mol. The minimum atomic E-state index is -0.514. The van der Waals surface area contributed by atoms with Gasteiger partial charge in [0.05, 0.1) is 6.10 Å². The topological polar surface area (TPSA) is 20.2 Å². The maximum atomic E-state index is 9.78. The SMILES string of the molecule is OC(/C=C\c1ccccc1)[c-]1cccc1.[Fe+2].c1cc[cH-]c1. The van der Waals surface area contributed by atoms with Gasteiger partial charge in [0.1, 0.15) is 0 Å². The van der Waals surface area contributed by atoms with Crippen LogP contribution in [0.2, 0.25) is 0 Å². The normalized spacial score (nSPS) is 11.3. The molecule has 1 N–H and O–H groups in total. The second kappa shape index (κ2) is 9.95. The number of aliphatic hydroxyl groups is 1. The van der Waals surface area contributed by atoms with Gasteiger partial charge in [-0.1, -0.05) is 42.5 Å². The van der Waals surface area contributed by atoms with Gasteiger partial charge in [-0.05, 0) is 5.56 Å². The Morgan fingerprint density at radius 2 is 1.52 bits per heavy atom. The van der Waals surface area contributed by atoms with Crippen LogP contribution < -0.4 is 0 Å². The van der Waals surface area contributed by atoms with E-state index in [0.717, 1.165) is 11.1 Å². The van der Waals surface area contributed by atoms with Gasteiger partial charge in [-0.25, -0.2) is 24.3 Å². The molecule has 0 saturated carbocycles. The molecular formula is C19H18FeO. The predicted molar refractivity (Wildman–Crippen MR) is 84.5 cm³/mol. The average molecular weight is 318 g/mol. The van der Waals surface area contributed by atoms with Crippen molar-refractivity contribution in [2.75, 3.05) is 0 Å². The van der Waals surface area contributed by atoms with Gasteiger partial charge in [0.15, 0.2) is 0 Å². The van der Waals surface area contributed by atoms with Crippen molar-refractivity contribution in [1.82, 2.24) is 0 Å². The number of hydrogen-bond donors (Lipinski definition) is 1. The van der Waals surface area contributed by atoms with E-state index in [2.05, 4.69) is 0 Å². The Bertz CT molecular complexity index is 563. The molecule has 3 aromatic carbocycles. The van der Waals surface area contributed by atoms with E-state index in [-0.39, 0.29) is 17.1 Å². The summed E-state index contributed by atoms with van der Waals surface area (Å²) < 4.78 is 0. The van der Waals surface area contributed by atoms with Gasteiger partial charge in [0, 0.05) is 0 Å². The van der Waals surface area contributed by atoms with Crippen LogP contribution in [-0.2, 0) is 17.1 Å². The van der Waals surface area contributed by atoms with Crippen LogP contribution in [0.15, 0.2) is 91.0 Å². The van der Waals surface area contributed by atoms with E-state index in [0.29, 0.717) is 0 Å². The Kier molecular flexibility index (Phi) is 8.15. The third-order valence-electron chi connectivity index (χ3n) is 2.86. The molecule has 0 saturated heterocycles. The molecule has 3 aromatic rings. The summed E-state index contributed by atoms with van der Waals surface area (Å²) in [5, 5.41) is 9.78. The third kappa shape index (κ3) is 6.42. The quantitative estimate of drug-likeness (QED) is 0.555. The van der Waals surface area contributed by atoms with Gasteiger partial charge < -0.3 is 5.11 Å². The molecule has 0 amide bonds. The molecule has 0 aromatic heterocycles. The molecule has 0 radical (unpaired) electrons. The van der Waals surface area contributed by atoms with Crippen LogP contribution in [0, 0.1) is 0 Å². The Labute approximate surface area is 136 Å². The first-order chi connectivity index (χ1) is 9.86. The first-order valence-electron chi connectivity index (χ1n) is 6.66. The maximum absolute atomic E-state index is 9.78. The predicted octanol–water partition coefficient (Wildman–Crippen LogP) is 4.56. The largest absolute Gasteiger partial charge is 2.00 e. The van der Waals surface area contributed by atoms with Crippen LogP contribution >= 0.6 is 0 Å². The van der Waals surface area contributed by atoms with Gasteiger partial charge in [0.25, 0.3) is 0 Å². The summed E-state index contributed by atoms with van der Waals surface area (Å²) in [5.74, 6) is 0. The van der Waals surface area contributed by atoms with Crippen LogP contribution in [0.25, 0.3) is 6.08 Å². The summed E-state index contributed by atoms with van der Waals surface area (Å²) in [7, 11) is 0. The molecule has 0 bridgehead atoms. The Morgan fingerprint density at radius 1 is 0.905 bits per heavy atom. The average Bonchev–Trinajstić information content (AvgIpc) is 3.20. The van der Waals surface area contributed by atoms with Crippen molar-refractivity contribution in [1.29, 1.82) is 0 Å². The van der Waals surface area contributed by atoms with E-state index in [4.69, 9.17) is 0 Å². The minimum absolute atomic E-state index is 0. The second-order valence-corrected chi connectivity index (χ2v) is 4.40. The van der Waals surface area contributed by atoms with Crippen molar-refractivity contribution in [3.8, 4) is 0 Å². The maximum Gasteiger partial charge on any atom is 2.00 e. The Balaban J connectivity index is 0.000000313. The molecule has 1 atom stereocenters. The molecule has 108 valence electrons. The van der Waals surface area contributed by atoms with E-state index < -0.39 is 6.10 Å². The van der Waals surface area contributed by atoms with Gasteiger partial charge >= 0.3 is 17.1 Å². The Hall–Kier alpha value is -1.86. The third-order valence-corrected chi connectivity index (χ3v) is 2.86. The summed E-state index contributed by atoms with van der Waals surface area (Å²) in [6, 6.07) is 27.6. The standard InChI is InChI=1S/C14H13O.C5H5.Fe/c15-14(13-8-4-5-9-13)11-10-12-6-2-1-3-7-12;1-2-4-5-3-1;/h1-11,14-15H;1-5H;/q2*-1;+2/b11-10-;;. The van der Waals surface area contributed by atoms with Gasteiger partial charge in [-0.15, -0.1) is 5.56 Å². The zero-order chi connectivity index (χ0) is 14.0. The molecule has 21 heavy (non-hydrogen) atoms. The molecule has 0 aliphatic heterocycles. The van der Waals surface area contributed by atoms with Crippen molar-refractivity contribution < 1.29 is 22.2 Å². The van der Waals surface area contributed by atoms with Crippen molar-refractivity contribution in [3.05, 3.63) is 102 Å². The van der Waals surface area contributed by atoms with Crippen LogP contribution in [-0.4, -0.2) is 5.11 Å². The Morgan fingerprint density at radius 3 is 2.05 bits per heavy atom. The summed E-state index contributed by atoms with van der Waals surface area (Å²) >= 11 is 0. The molecule has 1 nitrogen and oxygen atoms in total. The monoisotopic (exact) mass is 318 g/mol. The fourth-order valence-corrected chi connectivity index (χ4v) is 1.78. The number of benzene rings is 1. The van der Waals surface area contributed by atoms with Crippen molar-refractivity contribution >= 4 is 6.08 Å². The second-order valence-electron chi connectivity index (χ2n) is 4.40. The zero-order valence-electron chi connectivity index (χ0n) is 11.6. The van der Waals surface area contributed by atoms with Crippen molar-refractivity contribution in [2.24, 2.45) is 0 Å². The first kappa shape index (κ1) is 17.2. The van der Waals surface area contributed by atoms with Crippen LogP contribution in [0.3, 0.4) is 0 Å². The molecule has 0 fully saturated rings. The summed E-state index contributed by atoms with van der Waals surface area (Å²) in [6.07, 6.45) is 3.21. The minimum Gasteiger partial charge on any atom is -0.397 e. The summed E-state index contributed by atoms with van der Waals surface area (Å²) in [4.78, 5) is 0. The van der Waals surface area contributed by atoms with Crippen LogP contribution in [0.1, 0.15) is 17.2 Å². The summed E-state index contributed by atoms with van der Waals surface area (Å²) in [6.45, 7) is 0. The number of rotatable bonds is 3. The number of hydrogen-bond acceptors (Lipinski definition) is 1. The molecule has 0 heterocycles. The van der Waals surface area contributed by atoms with Crippen molar-refractivity contribution in [3.63, 3.8) is 0 Å². The number of aliphatic hydroxyl groups excluding tert-OH is 1. The molecule has 2 heteroatoms. The van der Waals surface area contributed by atoms with E-state index in [9.17, 15) is 5.11 Å². The first-order valence-corrected chi connectivity index (χ1v) is 6.66. The molecule has 0 aliphatic carbocycles. The van der Waals surface area contributed by atoms with Crippen LogP contribution in [0.5, 0.6) is 0 Å². The van der Waals surface area contributed by atoms with Gasteiger partial charge in [-0.2, -0.15) is 30.3 Å². The van der Waals surface area contributed by atoms with Crippen LogP contribution in [0.4, 0.5) is 0 Å². The van der Waals surface area contributed by atoms with Gasteiger partial charge in [-0.3, -0.25) is 0 Å². The van der Waals surface area contributed by atoms with E-state index >= 15 is 0 Å². The van der Waals surface area contributed by atoms with E-state index in [1.807, 2.05) is 91.0 Å². The molecule has 0 aliphatic rings. The molecule has 3 rings (SSSR count). The van der Waals surface area contributed by atoms with Crippen molar-refractivity contribution in [2.45, 2.75) is 6.10 Å². The van der Waals surface area contributed by atoms with E-state index in [1.54, 1.807) is 6.08 Å². The molecule has 1 unspecified atom stereocenters. The van der Waals surface area contributed by atoms with Gasteiger partial charge in [0.2, 0.25) is 0 Å². The summed E-state index contributed by atoms with van der Waals surface area (Å²) in [5.41, 5.74) is 2.03. The smallest absolute Gasteiger partial charge is 0.397 e. The molecule has 0 spiro atoms. The fourth-order valence-electron chi connectivity index (χ4n) is 1.78. The zero-order valence-corrected chi connectivity index (χ0v) is 12.7. The fraction of sp³-hybridized carbons (Fsp3) is 0.0526. The van der Waals surface area contributed by atoms with E-state index in [1.165, 1.54) is 0 Å².